The summed E-state index contributed by atoms with van der Waals surface area (Å²) in [5.74, 6) is 0.656. The fourth-order valence-corrected chi connectivity index (χ4v) is 2.93. The molecular formula is C21H25NO3. The molecule has 4 heteroatoms. The summed E-state index contributed by atoms with van der Waals surface area (Å²) in [7, 11) is 0. The van der Waals surface area contributed by atoms with Gasteiger partial charge in [0, 0.05) is 18.7 Å². The van der Waals surface area contributed by atoms with Gasteiger partial charge in [0.25, 0.3) is 5.91 Å². The van der Waals surface area contributed by atoms with Crippen LogP contribution in [0.25, 0.3) is 0 Å². The van der Waals surface area contributed by atoms with Crippen LogP contribution in [0.2, 0.25) is 0 Å². The van der Waals surface area contributed by atoms with Gasteiger partial charge in [-0.1, -0.05) is 36.4 Å². The molecule has 1 saturated heterocycles. The van der Waals surface area contributed by atoms with Crippen LogP contribution in [0, 0.1) is 0 Å². The molecule has 1 fully saturated rings. The Morgan fingerprint density at radius 3 is 2.84 bits per heavy atom. The molecule has 3 rings (SSSR count). The summed E-state index contributed by atoms with van der Waals surface area (Å²) in [6.07, 6.45) is 4.20. The van der Waals surface area contributed by atoms with Gasteiger partial charge in [-0.25, -0.2) is 0 Å². The minimum absolute atomic E-state index is 0.0596. The van der Waals surface area contributed by atoms with E-state index in [9.17, 15) is 4.79 Å². The number of carbonyl (C=O) groups is 1. The van der Waals surface area contributed by atoms with E-state index in [1.807, 2.05) is 36.4 Å². The summed E-state index contributed by atoms with van der Waals surface area (Å²) in [4.78, 5) is 12.3. The fourth-order valence-electron chi connectivity index (χ4n) is 2.93. The van der Waals surface area contributed by atoms with E-state index >= 15 is 0 Å². The van der Waals surface area contributed by atoms with E-state index in [-0.39, 0.29) is 12.0 Å². The molecule has 1 aliphatic heterocycles. The zero-order valence-electron chi connectivity index (χ0n) is 14.4. The first-order valence-electron chi connectivity index (χ1n) is 8.98. The lowest BCUT2D eigenvalue weighted by Crippen LogP contribution is -2.24. The van der Waals surface area contributed by atoms with Crippen LogP contribution in [-0.2, 0) is 11.2 Å². The average molecular weight is 339 g/mol. The van der Waals surface area contributed by atoms with Crippen molar-refractivity contribution in [3.05, 3.63) is 65.7 Å². The molecule has 0 radical (unpaired) electrons. The minimum Gasteiger partial charge on any atom is -0.491 e. The largest absolute Gasteiger partial charge is 0.491 e. The van der Waals surface area contributed by atoms with Crippen LogP contribution in [0.15, 0.2) is 54.6 Å². The smallest absolute Gasteiger partial charge is 0.251 e. The molecule has 1 unspecified atom stereocenters. The van der Waals surface area contributed by atoms with Crippen molar-refractivity contribution in [1.29, 1.82) is 0 Å². The fraction of sp³-hybridized carbons (Fsp3) is 0.381. The van der Waals surface area contributed by atoms with Gasteiger partial charge in [0.2, 0.25) is 0 Å². The molecule has 132 valence electrons. The Morgan fingerprint density at radius 2 is 2.04 bits per heavy atom. The standard InChI is InChI=1S/C21H25NO3/c23-21(22-13-5-9-17-7-2-1-3-8-17)18-10-4-11-19(15-18)25-16-20-12-6-14-24-20/h1-4,7-8,10-11,15,20H,5-6,9,12-14,16H2,(H,22,23). The Bertz CT molecular complexity index is 666. The van der Waals surface area contributed by atoms with Crippen LogP contribution in [-0.4, -0.2) is 31.8 Å². The molecule has 0 aliphatic carbocycles. The molecule has 0 aromatic heterocycles. The van der Waals surface area contributed by atoms with Gasteiger partial charge in [0.15, 0.2) is 0 Å². The molecule has 1 aliphatic rings. The first kappa shape index (κ1) is 17.5. The number of benzene rings is 2. The average Bonchev–Trinajstić information content (AvgIpc) is 3.18. The molecule has 0 saturated carbocycles. The van der Waals surface area contributed by atoms with Gasteiger partial charge in [0.05, 0.1) is 6.10 Å². The summed E-state index contributed by atoms with van der Waals surface area (Å²) >= 11 is 0. The predicted molar refractivity (Wildman–Crippen MR) is 98.0 cm³/mol. The Hall–Kier alpha value is -2.33. The van der Waals surface area contributed by atoms with Crippen molar-refractivity contribution >= 4 is 5.91 Å². The van der Waals surface area contributed by atoms with E-state index in [0.29, 0.717) is 24.5 Å². The van der Waals surface area contributed by atoms with Gasteiger partial charge in [-0.3, -0.25) is 4.79 Å². The summed E-state index contributed by atoms with van der Waals surface area (Å²) in [5.41, 5.74) is 1.92. The van der Waals surface area contributed by atoms with E-state index in [1.54, 1.807) is 6.07 Å². The Balaban J connectivity index is 1.42. The SMILES string of the molecule is O=C(NCCCc1ccccc1)c1cccc(OCC2CCCO2)c1. The summed E-state index contributed by atoms with van der Waals surface area (Å²) in [6.45, 7) is 2.02. The molecule has 1 atom stereocenters. The highest BCUT2D eigenvalue weighted by Gasteiger charge is 2.16. The quantitative estimate of drug-likeness (QED) is 0.748. The number of carbonyl (C=O) groups excluding carboxylic acids is 1. The summed E-state index contributed by atoms with van der Waals surface area (Å²) in [6, 6.07) is 17.6. The van der Waals surface area contributed by atoms with Gasteiger partial charge in [0.1, 0.15) is 12.4 Å². The Kier molecular flexibility index (Phi) is 6.46. The Morgan fingerprint density at radius 1 is 1.16 bits per heavy atom. The molecule has 0 spiro atoms. The topological polar surface area (TPSA) is 47.6 Å². The number of hydrogen-bond donors (Lipinski definition) is 1. The second kappa shape index (κ2) is 9.23. The van der Waals surface area contributed by atoms with Crippen LogP contribution in [0.3, 0.4) is 0 Å². The van der Waals surface area contributed by atoms with Crippen molar-refractivity contribution < 1.29 is 14.3 Å². The van der Waals surface area contributed by atoms with Gasteiger partial charge in [-0.05, 0) is 49.4 Å². The third kappa shape index (κ3) is 5.61. The minimum atomic E-state index is -0.0596. The third-order valence-electron chi connectivity index (χ3n) is 4.33. The zero-order valence-corrected chi connectivity index (χ0v) is 14.4. The predicted octanol–water partition coefficient (Wildman–Crippen LogP) is 3.61. The van der Waals surface area contributed by atoms with Crippen molar-refractivity contribution in [3.63, 3.8) is 0 Å². The van der Waals surface area contributed by atoms with Crippen LogP contribution in [0.1, 0.15) is 35.2 Å². The van der Waals surface area contributed by atoms with Crippen molar-refractivity contribution in [1.82, 2.24) is 5.32 Å². The molecule has 2 aromatic rings. The monoisotopic (exact) mass is 339 g/mol. The lowest BCUT2D eigenvalue weighted by Gasteiger charge is -2.12. The van der Waals surface area contributed by atoms with E-state index in [4.69, 9.17) is 9.47 Å². The summed E-state index contributed by atoms with van der Waals surface area (Å²) < 4.78 is 11.3. The van der Waals surface area contributed by atoms with Crippen molar-refractivity contribution in [2.75, 3.05) is 19.8 Å². The third-order valence-corrected chi connectivity index (χ3v) is 4.33. The molecule has 1 heterocycles. The van der Waals surface area contributed by atoms with Gasteiger partial charge >= 0.3 is 0 Å². The molecule has 25 heavy (non-hydrogen) atoms. The maximum absolute atomic E-state index is 12.3. The first-order chi connectivity index (χ1) is 12.3. The van der Waals surface area contributed by atoms with Crippen LogP contribution in [0.5, 0.6) is 5.75 Å². The molecule has 0 bridgehead atoms. The summed E-state index contributed by atoms with van der Waals surface area (Å²) in [5, 5.41) is 2.97. The number of hydrogen-bond acceptors (Lipinski definition) is 3. The molecule has 2 aromatic carbocycles. The van der Waals surface area contributed by atoms with Crippen molar-refractivity contribution in [2.45, 2.75) is 31.8 Å². The molecular weight excluding hydrogens is 314 g/mol. The zero-order chi connectivity index (χ0) is 17.3. The van der Waals surface area contributed by atoms with Crippen LogP contribution >= 0.6 is 0 Å². The second-order valence-corrected chi connectivity index (χ2v) is 6.32. The molecule has 1 amide bonds. The van der Waals surface area contributed by atoms with Gasteiger partial charge in [-0.15, -0.1) is 0 Å². The molecule has 1 N–H and O–H groups in total. The maximum atomic E-state index is 12.3. The van der Waals surface area contributed by atoms with E-state index in [2.05, 4.69) is 17.4 Å². The normalized spacial score (nSPS) is 16.6. The number of nitrogens with one attached hydrogen (secondary N) is 1. The maximum Gasteiger partial charge on any atom is 0.251 e. The number of rotatable bonds is 8. The highest BCUT2D eigenvalue weighted by Crippen LogP contribution is 2.17. The van der Waals surface area contributed by atoms with Gasteiger partial charge < -0.3 is 14.8 Å². The number of aryl methyl sites for hydroxylation is 1. The van der Waals surface area contributed by atoms with E-state index in [0.717, 1.165) is 32.3 Å². The van der Waals surface area contributed by atoms with Crippen LogP contribution in [0.4, 0.5) is 0 Å². The second-order valence-electron chi connectivity index (χ2n) is 6.32. The van der Waals surface area contributed by atoms with E-state index in [1.165, 1.54) is 5.56 Å². The van der Waals surface area contributed by atoms with Crippen LogP contribution < -0.4 is 10.1 Å². The van der Waals surface area contributed by atoms with Crippen molar-refractivity contribution in [3.8, 4) is 5.75 Å². The number of amides is 1. The van der Waals surface area contributed by atoms with E-state index < -0.39 is 0 Å². The van der Waals surface area contributed by atoms with Crippen molar-refractivity contribution in [2.24, 2.45) is 0 Å². The highest BCUT2D eigenvalue weighted by atomic mass is 16.5. The molecule has 4 nitrogen and oxygen atoms in total. The number of ether oxygens (including phenoxy) is 2. The van der Waals surface area contributed by atoms with Gasteiger partial charge in [-0.2, -0.15) is 0 Å². The lowest BCUT2D eigenvalue weighted by molar-refractivity contribution is 0.0679. The lowest BCUT2D eigenvalue weighted by atomic mass is 10.1. The Labute approximate surface area is 149 Å². The highest BCUT2D eigenvalue weighted by molar-refractivity contribution is 5.94. The first-order valence-corrected chi connectivity index (χ1v) is 8.98.